The van der Waals surface area contributed by atoms with Gasteiger partial charge >= 0.3 is 0 Å². The van der Waals surface area contributed by atoms with Gasteiger partial charge in [0.05, 0.1) is 19.5 Å². The van der Waals surface area contributed by atoms with Crippen LogP contribution in [-0.2, 0) is 11.3 Å². The van der Waals surface area contributed by atoms with Crippen molar-refractivity contribution >= 4 is 34.5 Å². The molecule has 2 aromatic heterocycles. The first kappa shape index (κ1) is 18.0. The maximum Gasteiger partial charge on any atom is 0.227 e. The van der Waals surface area contributed by atoms with Crippen LogP contribution in [0.5, 0.6) is 0 Å². The molecule has 1 N–H and O–H groups in total. The molecule has 27 heavy (non-hydrogen) atoms. The van der Waals surface area contributed by atoms with Gasteiger partial charge in [-0.25, -0.2) is 4.98 Å². The molecule has 1 saturated heterocycles. The quantitative estimate of drug-likeness (QED) is 0.723. The Kier molecular flexibility index (Phi) is 5.13. The number of hydrogen-bond donors (Lipinski definition) is 1. The van der Waals surface area contributed by atoms with Crippen molar-refractivity contribution in [1.29, 1.82) is 0 Å². The highest BCUT2D eigenvalue weighted by Gasteiger charge is 2.21. The van der Waals surface area contributed by atoms with Gasteiger partial charge in [-0.2, -0.15) is 9.97 Å². The van der Waals surface area contributed by atoms with Gasteiger partial charge in [0.2, 0.25) is 5.95 Å². The van der Waals surface area contributed by atoms with Gasteiger partial charge in [-0.3, -0.25) is 0 Å². The minimum Gasteiger partial charge on any atom is -0.378 e. The Balaban J connectivity index is 1.68. The molecule has 1 aliphatic rings. The fourth-order valence-electron chi connectivity index (χ4n) is 3.14. The molecule has 142 valence electrons. The van der Waals surface area contributed by atoms with Crippen LogP contribution in [0.1, 0.15) is 25.5 Å². The number of anilines is 2. The average molecular weight is 387 g/mol. The lowest BCUT2D eigenvalue weighted by atomic mass is 10.2. The SMILES string of the molecule is CC(C)n1cnc2c(N3CCOCC3)nc(NCc3ccc(Cl)cc3)nc21. The molecule has 0 unspecified atom stereocenters. The van der Waals surface area contributed by atoms with E-state index in [0.717, 1.165) is 40.7 Å². The van der Waals surface area contributed by atoms with Crippen molar-refractivity contribution < 1.29 is 4.74 Å². The lowest BCUT2D eigenvalue weighted by Gasteiger charge is -2.28. The number of nitrogens with one attached hydrogen (secondary N) is 1. The second-order valence-corrected chi connectivity index (χ2v) is 7.30. The topological polar surface area (TPSA) is 68.1 Å². The minimum absolute atomic E-state index is 0.270. The van der Waals surface area contributed by atoms with Crippen LogP contribution in [0.25, 0.3) is 11.2 Å². The van der Waals surface area contributed by atoms with Gasteiger partial charge in [0, 0.05) is 30.7 Å². The van der Waals surface area contributed by atoms with Crippen LogP contribution in [0.2, 0.25) is 5.02 Å². The number of halogens is 1. The number of ether oxygens (including phenoxy) is 1. The zero-order valence-electron chi connectivity index (χ0n) is 15.5. The summed E-state index contributed by atoms with van der Waals surface area (Å²) < 4.78 is 7.56. The van der Waals surface area contributed by atoms with Crippen LogP contribution in [0.3, 0.4) is 0 Å². The predicted molar refractivity (Wildman–Crippen MR) is 108 cm³/mol. The van der Waals surface area contributed by atoms with E-state index in [1.807, 2.05) is 30.6 Å². The average Bonchev–Trinajstić information content (AvgIpc) is 3.12. The van der Waals surface area contributed by atoms with Crippen LogP contribution < -0.4 is 10.2 Å². The van der Waals surface area contributed by atoms with Crippen molar-refractivity contribution in [1.82, 2.24) is 19.5 Å². The van der Waals surface area contributed by atoms with Crippen molar-refractivity contribution in [2.75, 3.05) is 36.5 Å². The smallest absolute Gasteiger partial charge is 0.227 e. The number of fused-ring (bicyclic) bond motifs is 1. The van der Waals surface area contributed by atoms with Gasteiger partial charge in [0.1, 0.15) is 0 Å². The van der Waals surface area contributed by atoms with E-state index in [9.17, 15) is 0 Å². The maximum absolute atomic E-state index is 5.96. The molecular formula is C19H23ClN6O. The molecule has 1 fully saturated rings. The largest absolute Gasteiger partial charge is 0.378 e. The number of imidazole rings is 1. The van der Waals surface area contributed by atoms with Crippen LogP contribution in [-0.4, -0.2) is 45.8 Å². The van der Waals surface area contributed by atoms with Gasteiger partial charge in [-0.05, 0) is 31.5 Å². The number of hydrogen-bond acceptors (Lipinski definition) is 6. The van der Waals surface area contributed by atoms with E-state index in [-0.39, 0.29) is 6.04 Å². The summed E-state index contributed by atoms with van der Waals surface area (Å²) in [7, 11) is 0. The van der Waals surface area contributed by atoms with Crippen molar-refractivity contribution in [3.05, 3.63) is 41.2 Å². The van der Waals surface area contributed by atoms with Crippen molar-refractivity contribution in [2.45, 2.75) is 26.4 Å². The van der Waals surface area contributed by atoms with Crippen molar-refractivity contribution in [2.24, 2.45) is 0 Å². The Morgan fingerprint density at radius 3 is 2.59 bits per heavy atom. The Bertz CT molecular complexity index is 918. The Morgan fingerprint density at radius 1 is 1.15 bits per heavy atom. The van der Waals surface area contributed by atoms with Gasteiger partial charge in [0.15, 0.2) is 17.0 Å². The van der Waals surface area contributed by atoms with Crippen molar-refractivity contribution in [3.8, 4) is 0 Å². The van der Waals surface area contributed by atoms with Crippen LogP contribution >= 0.6 is 11.6 Å². The third-order valence-electron chi connectivity index (χ3n) is 4.63. The summed E-state index contributed by atoms with van der Waals surface area (Å²) in [5.74, 6) is 1.46. The molecular weight excluding hydrogens is 364 g/mol. The summed E-state index contributed by atoms with van der Waals surface area (Å²) in [6.45, 7) is 7.88. The van der Waals surface area contributed by atoms with E-state index in [1.54, 1.807) is 0 Å². The second kappa shape index (κ2) is 7.70. The number of rotatable bonds is 5. The highest BCUT2D eigenvalue weighted by molar-refractivity contribution is 6.30. The maximum atomic E-state index is 5.96. The molecule has 1 aliphatic heterocycles. The molecule has 3 aromatic rings. The van der Waals surface area contributed by atoms with E-state index >= 15 is 0 Å². The molecule has 8 heteroatoms. The van der Waals surface area contributed by atoms with Crippen LogP contribution in [0.4, 0.5) is 11.8 Å². The molecule has 0 aliphatic carbocycles. The molecule has 1 aromatic carbocycles. The lowest BCUT2D eigenvalue weighted by Crippen LogP contribution is -2.37. The molecule has 0 bridgehead atoms. The minimum atomic E-state index is 0.270. The highest BCUT2D eigenvalue weighted by atomic mass is 35.5. The normalized spacial score (nSPS) is 14.9. The van der Waals surface area contributed by atoms with Crippen LogP contribution in [0, 0.1) is 0 Å². The number of morpholine rings is 1. The molecule has 0 spiro atoms. The van der Waals surface area contributed by atoms with Crippen molar-refractivity contribution in [3.63, 3.8) is 0 Å². The second-order valence-electron chi connectivity index (χ2n) is 6.87. The Hall–Kier alpha value is -2.38. The highest BCUT2D eigenvalue weighted by Crippen LogP contribution is 2.27. The third kappa shape index (κ3) is 3.84. The van der Waals surface area contributed by atoms with Crippen LogP contribution in [0.15, 0.2) is 30.6 Å². The zero-order chi connectivity index (χ0) is 18.8. The predicted octanol–water partition coefficient (Wildman–Crippen LogP) is 3.51. The summed E-state index contributed by atoms with van der Waals surface area (Å²) >= 11 is 5.96. The summed E-state index contributed by atoms with van der Waals surface area (Å²) in [6, 6.07) is 8.03. The molecule has 4 rings (SSSR count). The molecule has 7 nitrogen and oxygen atoms in total. The molecule has 0 amide bonds. The first-order valence-corrected chi connectivity index (χ1v) is 9.55. The summed E-state index contributed by atoms with van der Waals surface area (Å²) in [5, 5.41) is 4.07. The summed E-state index contributed by atoms with van der Waals surface area (Å²) in [6.07, 6.45) is 1.84. The summed E-state index contributed by atoms with van der Waals surface area (Å²) in [5.41, 5.74) is 2.80. The zero-order valence-corrected chi connectivity index (χ0v) is 16.3. The Morgan fingerprint density at radius 2 is 1.89 bits per heavy atom. The van der Waals surface area contributed by atoms with E-state index in [0.29, 0.717) is 25.7 Å². The number of nitrogens with zero attached hydrogens (tertiary/aromatic N) is 5. The van der Waals surface area contributed by atoms with E-state index in [1.165, 1.54) is 0 Å². The third-order valence-corrected chi connectivity index (χ3v) is 4.89. The first-order chi connectivity index (χ1) is 13.1. The van der Waals surface area contributed by atoms with E-state index in [4.69, 9.17) is 26.3 Å². The van der Waals surface area contributed by atoms with E-state index < -0.39 is 0 Å². The molecule has 3 heterocycles. The number of benzene rings is 1. The molecule has 0 atom stereocenters. The standard InChI is InChI=1S/C19H23ClN6O/c1-13(2)26-12-22-16-17(25-7-9-27-10-8-25)23-19(24-18(16)26)21-11-14-3-5-15(20)6-4-14/h3-6,12-13H,7-11H2,1-2H3,(H,21,23,24). The Labute approximate surface area is 163 Å². The van der Waals surface area contributed by atoms with E-state index in [2.05, 4.69) is 33.6 Å². The molecule has 0 saturated carbocycles. The van der Waals surface area contributed by atoms with Gasteiger partial charge in [0.25, 0.3) is 0 Å². The fourth-order valence-corrected chi connectivity index (χ4v) is 3.26. The number of aromatic nitrogens is 4. The fraction of sp³-hybridized carbons (Fsp3) is 0.421. The first-order valence-electron chi connectivity index (χ1n) is 9.17. The summed E-state index contributed by atoms with van der Waals surface area (Å²) in [4.78, 5) is 16.3. The van der Waals surface area contributed by atoms with Gasteiger partial charge in [-0.15, -0.1) is 0 Å². The van der Waals surface area contributed by atoms with Gasteiger partial charge in [-0.1, -0.05) is 23.7 Å². The molecule has 0 radical (unpaired) electrons. The van der Waals surface area contributed by atoms with Gasteiger partial charge < -0.3 is 19.5 Å². The lowest BCUT2D eigenvalue weighted by molar-refractivity contribution is 0.122. The monoisotopic (exact) mass is 386 g/mol.